The highest BCUT2D eigenvalue weighted by Gasteiger charge is 2.30. The van der Waals surface area contributed by atoms with E-state index in [4.69, 9.17) is 16.3 Å². The van der Waals surface area contributed by atoms with Crippen LogP contribution in [0.2, 0.25) is 5.02 Å². The molecule has 0 spiro atoms. The van der Waals surface area contributed by atoms with Crippen molar-refractivity contribution in [1.82, 2.24) is 20.1 Å². The molecule has 1 aromatic heterocycles. The maximum Gasteiger partial charge on any atom is 0.151 e. The molecule has 7 heteroatoms. The van der Waals surface area contributed by atoms with E-state index >= 15 is 0 Å². The zero-order valence-electron chi connectivity index (χ0n) is 16.8. The number of aromatic nitrogens is 3. The molecule has 2 fully saturated rings. The normalized spacial score (nSPS) is 24.9. The average Bonchev–Trinajstić information content (AvgIpc) is 3.05. The molecule has 0 atom stereocenters. The second-order valence-corrected chi connectivity index (χ2v) is 8.99. The fourth-order valence-electron chi connectivity index (χ4n) is 5.12. The molecule has 0 amide bonds. The lowest BCUT2D eigenvalue weighted by atomic mass is 9.86. The van der Waals surface area contributed by atoms with Crippen molar-refractivity contribution in [3.8, 4) is 5.69 Å². The van der Waals surface area contributed by atoms with E-state index < -0.39 is 0 Å². The highest BCUT2D eigenvalue weighted by Crippen LogP contribution is 2.37. The van der Waals surface area contributed by atoms with Crippen molar-refractivity contribution in [2.45, 2.75) is 89.0 Å². The third-order valence-corrected chi connectivity index (χ3v) is 6.85. The monoisotopic (exact) mass is 436 g/mol. The van der Waals surface area contributed by atoms with Crippen LogP contribution in [0.15, 0.2) is 18.2 Å². The van der Waals surface area contributed by atoms with Gasteiger partial charge in [0.15, 0.2) is 5.82 Å². The first kappa shape index (κ1) is 21.1. The number of rotatable bonds is 3. The lowest BCUT2D eigenvalue weighted by molar-refractivity contribution is -0.0474. The summed E-state index contributed by atoms with van der Waals surface area (Å²) in [5, 5.41) is 13.4. The summed E-state index contributed by atoms with van der Waals surface area (Å²) >= 11 is 6.23. The Morgan fingerprint density at radius 3 is 2.48 bits per heavy atom. The predicted molar refractivity (Wildman–Crippen MR) is 117 cm³/mol. The maximum absolute atomic E-state index is 6.43. The first-order valence-corrected chi connectivity index (χ1v) is 11.2. The molecular weight excluding hydrogens is 407 g/mol. The van der Waals surface area contributed by atoms with E-state index in [1.54, 1.807) is 0 Å². The second-order valence-electron chi connectivity index (χ2n) is 8.56. The van der Waals surface area contributed by atoms with Crippen LogP contribution in [-0.2, 0) is 17.8 Å². The number of nitrogens with zero attached hydrogens (tertiary/aromatic N) is 3. The van der Waals surface area contributed by atoms with Crippen molar-refractivity contribution >= 4 is 24.0 Å². The Kier molecular flexibility index (Phi) is 6.80. The Hall–Kier alpha value is -1.14. The summed E-state index contributed by atoms with van der Waals surface area (Å²) in [7, 11) is 0. The van der Waals surface area contributed by atoms with Crippen molar-refractivity contribution in [3.63, 3.8) is 0 Å². The van der Waals surface area contributed by atoms with Crippen LogP contribution in [-0.4, -0.2) is 27.0 Å². The maximum atomic E-state index is 6.43. The lowest BCUT2D eigenvalue weighted by Gasteiger charge is -2.32. The first-order chi connectivity index (χ1) is 13.8. The molecule has 2 saturated carbocycles. The van der Waals surface area contributed by atoms with Crippen LogP contribution in [0.25, 0.3) is 5.69 Å². The topological polar surface area (TPSA) is 52.0 Å². The smallest absolute Gasteiger partial charge is 0.151 e. The molecule has 3 aliphatic rings. The minimum Gasteiger partial charge on any atom is -0.375 e. The number of nitrogens with one attached hydrogen (secondary N) is 1. The quantitative estimate of drug-likeness (QED) is 0.706. The van der Waals surface area contributed by atoms with Crippen molar-refractivity contribution in [3.05, 3.63) is 40.4 Å². The van der Waals surface area contributed by atoms with Gasteiger partial charge in [0.1, 0.15) is 5.82 Å². The molecule has 1 N–H and O–H groups in total. The Morgan fingerprint density at radius 2 is 1.69 bits per heavy atom. The van der Waals surface area contributed by atoms with E-state index in [0.717, 1.165) is 55.4 Å². The zero-order chi connectivity index (χ0) is 18.9. The summed E-state index contributed by atoms with van der Waals surface area (Å²) in [4.78, 5) is 0. The summed E-state index contributed by atoms with van der Waals surface area (Å²) in [6, 6.07) is 6.13. The molecule has 2 aromatic rings. The van der Waals surface area contributed by atoms with Gasteiger partial charge in [0, 0.05) is 17.5 Å². The average molecular weight is 437 g/mol. The van der Waals surface area contributed by atoms with Gasteiger partial charge in [0.25, 0.3) is 0 Å². The number of hydrogen-bond acceptors (Lipinski definition) is 4. The van der Waals surface area contributed by atoms with Crippen LogP contribution in [0.4, 0.5) is 0 Å². The van der Waals surface area contributed by atoms with E-state index in [2.05, 4.69) is 32.2 Å². The zero-order valence-corrected chi connectivity index (χ0v) is 18.4. The van der Waals surface area contributed by atoms with Gasteiger partial charge in [-0.15, -0.1) is 22.6 Å². The molecule has 2 heterocycles. The number of halogens is 2. The number of ether oxygens (including phenoxy) is 1. The fourth-order valence-corrected chi connectivity index (χ4v) is 5.32. The Bertz CT molecular complexity index is 826. The van der Waals surface area contributed by atoms with Crippen molar-refractivity contribution < 1.29 is 4.74 Å². The first-order valence-electron chi connectivity index (χ1n) is 10.9. The van der Waals surface area contributed by atoms with Gasteiger partial charge in [-0.1, -0.05) is 30.9 Å². The minimum atomic E-state index is 0. The van der Waals surface area contributed by atoms with Gasteiger partial charge in [0.05, 0.1) is 24.4 Å². The predicted octanol–water partition coefficient (Wildman–Crippen LogP) is 5.32. The second kappa shape index (κ2) is 9.34. The summed E-state index contributed by atoms with van der Waals surface area (Å²) in [6.45, 7) is 1.54. The van der Waals surface area contributed by atoms with Crippen molar-refractivity contribution in [2.24, 2.45) is 0 Å². The molecule has 5 nitrogen and oxygen atoms in total. The largest absolute Gasteiger partial charge is 0.375 e. The molecule has 1 aromatic carbocycles. The van der Waals surface area contributed by atoms with Gasteiger partial charge in [-0.3, -0.25) is 4.57 Å². The highest BCUT2D eigenvalue weighted by molar-refractivity contribution is 6.30. The molecule has 0 unspecified atom stereocenters. The molecule has 1 aliphatic heterocycles. The fraction of sp³-hybridized carbons (Fsp3) is 0.636. The molecule has 29 heavy (non-hydrogen) atoms. The van der Waals surface area contributed by atoms with Crippen molar-refractivity contribution in [2.75, 3.05) is 0 Å². The van der Waals surface area contributed by atoms with E-state index in [1.807, 2.05) is 6.07 Å². The minimum absolute atomic E-state index is 0. The number of hydrogen-bond donors (Lipinski definition) is 1. The standard InChI is InChI=1S/C22H29ClN4O.ClH/c23-17-8-11-20-16(12-17)13-24-14-21-25-26-22(27(20)21)15-6-9-19(10-7-15)28-18-4-2-1-3-5-18;/h8,11-12,15,18-19,24H,1-7,9-10,13-14H2;1H. The van der Waals surface area contributed by atoms with Crippen molar-refractivity contribution in [1.29, 1.82) is 0 Å². The lowest BCUT2D eigenvalue weighted by Crippen LogP contribution is -2.28. The highest BCUT2D eigenvalue weighted by atomic mass is 35.5. The molecule has 5 rings (SSSR count). The van der Waals surface area contributed by atoms with E-state index in [1.165, 1.54) is 43.4 Å². The molecular formula is C22H30Cl2N4O. The summed E-state index contributed by atoms with van der Waals surface area (Å²) in [6.07, 6.45) is 12.0. The van der Waals surface area contributed by atoms with Gasteiger partial charge in [0.2, 0.25) is 0 Å². The molecule has 2 aliphatic carbocycles. The Morgan fingerprint density at radius 1 is 0.931 bits per heavy atom. The van der Waals surface area contributed by atoms with E-state index in [9.17, 15) is 0 Å². The Balaban J connectivity index is 0.00000205. The van der Waals surface area contributed by atoms with Gasteiger partial charge >= 0.3 is 0 Å². The summed E-state index contributed by atoms with van der Waals surface area (Å²) in [5.74, 6) is 2.56. The van der Waals surface area contributed by atoms with Crippen LogP contribution in [0.1, 0.15) is 80.9 Å². The van der Waals surface area contributed by atoms with Crippen LogP contribution < -0.4 is 5.32 Å². The van der Waals surface area contributed by atoms with E-state index in [-0.39, 0.29) is 12.4 Å². The van der Waals surface area contributed by atoms with Crippen LogP contribution in [0.5, 0.6) is 0 Å². The van der Waals surface area contributed by atoms with E-state index in [0.29, 0.717) is 18.1 Å². The van der Waals surface area contributed by atoms with Crippen LogP contribution >= 0.6 is 24.0 Å². The number of fused-ring (bicyclic) bond motifs is 3. The molecule has 0 radical (unpaired) electrons. The van der Waals surface area contributed by atoms with Crippen LogP contribution in [0.3, 0.4) is 0 Å². The third-order valence-electron chi connectivity index (χ3n) is 6.61. The van der Waals surface area contributed by atoms with Gasteiger partial charge < -0.3 is 10.1 Å². The third kappa shape index (κ3) is 4.48. The Labute approximate surface area is 184 Å². The van der Waals surface area contributed by atoms with Crippen LogP contribution in [0, 0.1) is 0 Å². The van der Waals surface area contributed by atoms with Gasteiger partial charge in [-0.2, -0.15) is 0 Å². The molecule has 0 saturated heterocycles. The van der Waals surface area contributed by atoms with Gasteiger partial charge in [-0.05, 0) is 62.3 Å². The molecule has 0 bridgehead atoms. The summed E-state index contributed by atoms with van der Waals surface area (Å²) < 4.78 is 8.71. The SMILES string of the molecule is Cl.Clc1ccc2c(c1)CNCc1nnc(C3CCC(OC4CCCCC4)CC3)n1-2. The summed E-state index contributed by atoms with van der Waals surface area (Å²) in [5.41, 5.74) is 2.38. The number of benzene rings is 1. The van der Waals surface area contributed by atoms with Gasteiger partial charge in [-0.25, -0.2) is 0 Å². The molecule has 158 valence electrons.